The molecule has 5 rings (SSSR count). The van der Waals surface area contributed by atoms with E-state index in [2.05, 4.69) is 30.3 Å². The molecule has 1 aliphatic heterocycles. The molecule has 2 aromatic heterocycles. The van der Waals surface area contributed by atoms with Crippen molar-refractivity contribution in [1.82, 2.24) is 35.1 Å². The monoisotopic (exact) mass is 416 g/mol. The van der Waals surface area contributed by atoms with E-state index < -0.39 is 0 Å². The van der Waals surface area contributed by atoms with Crippen LogP contribution < -0.4 is 4.90 Å². The van der Waals surface area contributed by atoms with Crippen molar-refractivity contribution in [3.05, 3.63) is 54.1 Å². The smallest absolute Gasteiger partial charge is 0.246 e. The third-order valence-electron chi connectivity index (χ3n) is 5.56. The molecule has 4 aromatic rings. The van der Waals surface area contributed by atoms with Crippen molar-refractivity contribution in [2.24, 2.45) is 0 Å². The lowest BCUT2D eigenvalue weighted by Gasteiger charge is -2.21. The Balaban J connectivity index is 1.22. The summed E-state index contributed by atoms with van der Waals surface area (Å²) in [4.78, 5) is 26.4. The lowest BCUT2D eigenvalue weighted by atomic mass is 10.1. The zero-order valence-corrected chi connectivity index (χ0v) is 17.4. The van der Waals surface area contributed by atoms with Crippen LogP contribution in [0.5, 0.6) is 0 Å². The van der Waals surface area contributed by atoms with Gasteiger partial charge in [0, 0.05) is 31.7 Å². The van der Waals surface area contributed by atoms with Crippen LogP contribution in [0.1, 0.15) is 12.0 Å². The maximum Gasteiger partial charge on any atom is 0.246 e. The lowest BCUT2D eigenvalue weighted by Crippen LogP contribution is -2.37. The molecule has 0 spiro atoms. The summed E-state index contributed by atoms with van der Waals surface area (Å²) in [5.41, 5.74) is 4.04. The Kier molecular flexibility index (Phi) is 5.07. The summed E-state index contributed by atoms with van der Waals surface area (Å²) in [6, 6.07) is 15.9. The quantitative estimate of drug-likeness (QED) is 0.548. The number of fused-ring (bicyclic) bond motifs is 1. The molecule has 1 fully saturated rings. The highest BCUT2D eigenvalue weighted by Gasteiger charge is 2.22. The molecule has 1 N–H and O–H groups in total. The van der Waals surface area contributed by atoms with Crippen LogP contribution in [0.25, 0.3) is 22.4 Å². The number of aryl methyl sites for hydroxylation is 1. The van der Waals surface area contributed by atoms with Crippen molar-refractivity contribution < 1.29 is 4.79 Å². The SMILES string of the molecule is Cc1ccc(-c2nnn(CC(=O)N3CCCN(c4nc5ccccc5[nH]4)CC3)n2)cc1. The molecule has 0 saturated carbocycles. The van der Waals surface area contributed by atoms with Crippen LogP contribution in [0.4, 0.5) is 5.95 Å². The molecule has 9 heteroatoms. The summed E-state index contributed by atoms with van der Waals surface area (Å²) < 4.78 is 0. The number of imidazole rings is 1. The summed E-state index contributed by atoms with van der Waals surface area (Å²) in [6.45, 7) is 5.03. The summed E-state index contributed by atoms with van der Waals surface area (Å²) in [5.74, 6) is 1.38. The molecule has 0 aliphatic carbocycles. The number of nitrogens with zero attached hydrogens (tertiary/aromatic N) is 7. The number of hydrogen-bond acceptors (Lipinski definition) is 6. The number of carbonyl (C=O) groups is 1. The highest BCUT2D eigenvalue weighted by molar-refractivity contribution is 5.78. The molecule has 0 radical (unpaired) electrons. The molecule has 1 aliphatic rings. The number of aromatic nitrogens is 6. The van der Waals surface area contributed by atoms with Crippen LogP contribution in [-0.2, 0) is 11.3 Å². The number of rotatable bonds is 4. The molecule has 2 aromatic carbocycles. The largest absolute Gasteiger partial charge is 0.341 e. The van der Waals surface area contributed by atoms with Gasteiger partial charge in [0.25, 0.3) is 0 Å². The molecule has 3 heterocycles. The van der Waals surface area contributed by atoms with Gasteiger partial charge in [0.05, 0.1) is 11.0 Å². The summed E-state index contributed by atoms with van der Waals surface area (Å²) in [7, 11) is 0. The van der Waals surface area contributed by atoms with Crippen molar-refractivity contribution in [3.63, 3.8) is 0 Å². The fourth-order valence-electron chi connectivity index (χ4n) is 3.82. The summed E-state index contributed by atoms with van der Waals surface area (Å²) in [5, 5.41) is 12.5. The number of amides is 1. The van der Waals surface area contributed by atoms with Crippen LogP contribution in [0, 0.1) is 6.92 Å². The van der Waals surface area contributed by atoms with Crippen molar-refractivity contribution in [2.45, 2.75) is 19.9 Å². The van der Waals surface area contributed by atoms with Gasteiger partial charge in [0.1, 0.15) is 6.54 Å². The lowest BCUT2D eigenvalue weighted by molar-refractivity contribution is -0.132. The molecule has 1 amide bonds. The van der Waals surface area contributed by atoms with Gasteiger partial charge in [-0.2, -0.15) is 4.80 Å². The maximum atomic E-state index is 12.9. The van der Waals surface area contributed by atoms with E-state index in [1.165, 1.54) is 10.4 Å². The fourth-order valence-corrected chi connectivity index (χ4v) is 3.82. The van der Waals surface area contributed by atoms with Crippen molar-refractivity contribution in [1.29, 1.82) is 0 Å². The first-order valence-corrected chi connectivity index (χ1v) is 10.5. The average molecular weight is 416 g/mol. The van der Waals surface area contributed by atoms with Crippen LogP contribution in [-0.4, -0.2) is 67.2 Å². The Hall–Kier alpha value is -3.75. The number of hydrogen-bond donors (Lipinski definition) is 1. The van der Waals surface area contributed by atoms with Gasteiger partial charge in [-0.15, -0.1) is 10.2 Å². The van der Waals surface area contributed by atoms with E-state index in [0.717, 1.165) is 42.1 Å². The van der Waals surface area contributed by atoms with Crippen molar-refractivity contribution >= 4 is 22.9 Å². The Morgan fingerprint density at radius 1 is 1.03 bits per heavy atom. The summed E-state index contributed by atoms with van der Waals surface area (Å²) in [6.07, 6.45) is 0.877. The predicted molar refractivity (Wildman–Crippen MR) is 117 cm³/mol. The van der Waals surface area contributed by atoms with Gasteiger partial charge in [-0.05, 0) is 30.7 Å². The first kappa shape index (κ1) is 19.2. The van der Waals surface area contributed by atoms with E-state index >= 15 is 0 Å². The van der Waals surface area contributed by atoms with Crippen LogP contribution in [0.15, 0.2) is 48.5 Å². The van der Waals surface area contributed by atoms with Gasteiger partial charge in [-0.1, -0.05) is 42.0 Å². The second-order valence-electron chi connectivity index (χ2n) is 7.81. The van der Waals surface area contributed by atoms with Gasteiger partial charge < -0.3 is 14.8 Å². The minimum atomic E-state index is -0.000637. The normalized spacial score (nSPS) is 14.7. The summed E-state index contributed by atoms with van der Waals surface area (Å²) >= 11 is 0. The third kappa shape index (κ3) is 4.11. The van der Waals surface area contributed by atoms with E-state index in [-0.39, 0.29) is 12.5 Å². The van der Waals surface area contributed by atoms with Gasteiger partial charge in [-0.25, -0.2) is 4.98 Å². The van der Waals surface area contributed by atoms with Crippen LogP contribution in [0.3, 0.4) is 0 Å². The zero-order chi connectivity index (χ0) is 21.2. The molecule has 0 unspecified atom stereocenters. The predicted octanol–water partition coefficient (Wildman–Crippen LogP) is 2.26. The minimum absolute atomic E-state index is 0.000637. The number of carbonyl (C=O) groups excluding carboxylic acids is 1. The van der Waals surface area contributed by atoms with E-state index in [0.29, 0.717) is 18.9 Å². The highest BCUT2D eigenvalue weighted by atomic mass is 16.2. The molecule has 1 saturated heterocycles. The molecular weight excluding hydrogens is 392 g/mol. The Morgan fingerprint density at radius 2 is 1.87 bits per heavy atom. The molecule has 0 bridgehead atoms. The van der Waals surface area contributed by atoms with Gasteiger partial charge in [-0.3, -0.25) is 4.79 Å². The number of nitrogens with one attached hydrogen (secondary N) is 1. The molecule has 158 valence electrons. The first-order chi connectivity index (χ1) is 15.2. The molecular formula is C22H24N8O. The Bertz CT molecular complexity index is 1160. The molecule has 9 nitrogen and oxygen atoms in total. The van der Waals surface area contributed by atoms with E-state index in [4.69, 9.17) is 0 Å². The second-order valence-corrected chi connectivity index (χ2v) is 7.81. The van der Waals surface area contributed by atoms with Crippen molar-refractivity contribution in [2.75, 3.05) is 31.1 Å². The van der Waals surface area contributed by atoms with Gasteiger partial charge in [0.15, 0.2) is 0 Å². The Morgan fingerprint density at radius 3 is 2.71 bits per heavy atom. The topological polar surface area (TPSA) is 95.8 Å². The number of benzene rings is 2. The fraction of sp³-hybridized carbons (Fsp3) is 0.318. The third-order valence-corrected chi connectivity index (χ3v) is 5.56. The van der Waals surface area contributed by atoms with E-state index in [9.17, 15) is 4.79 Å². The van der Waals surface area contributed by atoms with Gasteiger partial charge >= 0.3 is 0 Å². The van der Waals surface area contributed by atoms with Crippen LogP contribution in [0.2, 0.25) is 0 Å². The Labute approximate surface area is 179 Å². The number of H-pyrrole nitrogens is 1. The van der Waals surface area contributed by atoms with E-state index in [1.807, 2.05) is 60.4 Å². The van der Waals surface area contributed by atoms with Crippen molar-refractivity contribution in [3.8, 4) is 11.4 Å². The second kappa shape index (κ2) is 8.17. The van der Waals surface area contributed by atoms with Crippen LogP contribution >= 0.6 is 0 Å². The zero-order valence-electron chi connectivity index (χ0n) is 17.4. The maximum absolute atomic E-state index is 12.9. The first-order valence-electron chi connectivity index (χ1n) is 10.5. The number of aromatic amines is 1. The number of tetrazole rings is 1. The molecule has 0 atom stereocenters. The minimum Gasteiger partial charge on any atom is -0.341 e. The van der Waals surface area contributed by atoms with E-state index in [1.54, 1.807) is 0 Å². The van der Waals surface area contributed by atoms with Gasteiger partial charge in [0.2, 0.25) is 17.7 Å². The standard InChI is InChI=1S/C22H24N8O/c1-16-7-9-17(10-8-16)21-25-27-30(26-21)15-20(31)28-11-4-12-29(14-13-28)22-23-18-5-2-3-6-19(18)24-22/h2-3,5-10H,4,11-15H2,1H3,(H,23,24). The number of para-hydroxylation sites is 2. The number of anilines is 1. The highest BCUT2D eigenvalue weighted by Crippen LogP contribution is 2.19. The molecule has 31 heavy (non-hydrogen) atoms. The average Bonchev–Trinajstić information content (AvgIpc) is 3.34.